The molecule has 1 atom stereocenters. The number of ether oxygens (including phenoxy) is 1. The quantitative estimate of drug-likeness (QED) is 0.743. The third-order valence-electron chi connectivity index (χ3n) is 3.43. The number of aliphatic hydroxyl groups excluding tert-OH is 1. The monoisotopic (exact) mass is 391 g/mol. The van der Waals surface area contributed by atoms with Crippen molar-refractivity contribution < 1.29 is 14.6 Å². The summed E-state index contributed by atoms with van der Waals surface area (Å²) >= 11 is 4.91. The minimum atomic E-state index is -0.341. The van der Waals surface area contributed by atoms with Crippen LogP contribution in [0.2, 0.25) is 0 Å². The van der Waals surface area contributed by atoms with Crippen LogP contribution in [-0.4, -0.2) is 23.2 Å². The van der Waals surface area contributed by atoms with E-state index in [1.54, 1.807) is 24.5 Å². The van der Waals surface area contributed by atoms with Gasteiger partial charge in [0.2, 0.25) is 0 Å². The molecule has 1 heterocycles. The van der Waals surface area contributed by atoms with Crippen LogP contribution in [0.4, 0.5) is 0 Å². The Bertz CT molecular complexity index is 403. The number of aliphatic hydroxyl groups is 1. The van der Waals surface area contributed by atoms with E-state index in [0.717, 1.165) is 21.6 Å². The highest BCUT2D eigenvalue weighted by molar-refractivity contribution is 9.11. The van der Waals surface area contributed by atoms with E-state index in [1.807, 2.05) is 0 Å². The molecule has 2 aliphatic rings. The van der Waals surface area contributed by atoms with Crippen molar-refractivity contribution in [1.29, 1.82) is 0 Å². The molecular weight excluding hydrogens is 366 g/mol. The van der Waals surface area contributed by atoms with Crippen LogP contribution in [0, 0.1) is 5.92 Å². The molecule has 0 spiro atoms. The summed E-state index contributed by atoms with van der Waals surface area (Å²) in [7, 11) is 0. The fourth-order valence-electron chi connectivity index (χ4n) is 2.12. The number of thiazole rings is 1. The molecule has 0 saturated heterocycles. The number of nitrogens with zero attached hydrogens (tertiary/aromatic N) is 1. The lowest BCUT2D eigenvalue weighted by Gasteiger charge is -2.25. The Morgan fingerprint density at radius 3 is 2.32 bits per heavy atom. The Morgan fingerprint density at radius 1 is 1.36 bits per heavy atom. The molecule has 126 valence electrons. The summed E-state index contributed by atoms with van der Waals surface area (Å²) in [5.41, 5.74) is 0. The van der Waals surface area contributed by atoms with Gasteiger partial charge in [0.05, 0.1) is 16.6 Å². The average Bonchev–Trinajstić information content (AvgIpc) is 3.37. The van der Waals surface area contributed by atoms with Gasteiger partial charge >= 0.3 is 0 Å². The van der Waals surface area contributed by atoms with Crippen molar-refractivity contribution in [3.63, 3.8) is 0 Å². The van der Waals surface area contributed by atoms with Crippen molar-refractivity contribution in [2.75, 3.05) is 6.61 Å². The zero-order chi connectivity index (χ0) is 16.2. The van der Waals surface area contributed by atoms with Gasteiger partial charge in [-0.25, -0.2) is 4.98 Å². The van der Waals surface area contributed by atoms with E-state index in [0.29, 0.717) is 19.0 Å². The maximum absolute atomic E-state index is 10.1. The second-order valence-electron chi connectivity index (χ2n) is 5.46. The predicted molar refractivity (Wildman–Crippen MR) is 92.9 cm³/mol. The van der Waals surface area contributed by atoms with Gasteiger partial charge in [0.1, 0.15) is 11.1 Å². The first-order valence-electron chi connectivity index (χ1n) is 8.03. The van der Waals surface area contributed by atoms with E-state index in [-0.39, 0.29) is 6.10 Å². The first-order valence-corrected chi connectivity index (χ1v) is 9.64. The van der Waals surface area contributed by atoms with Gasteiger partial charge < -0.3 is 9.84 Å². The topological polar surface area (TPSA) is 59.4 Å². The molecular formula is C16H26BrNO3S. The van der Waals surface area contributed by atoms with Crippen LogP contribution in [-0.2, 0) is 9.53 Å². The smallest absolute Gasteiger partial charge is 0.293 e. The molecule has 2 saturated carbocycles. The molecule has 0 aliphatic heterocycles. The van der Waals surface area contributed by atoms with Gasteiger partial charge in [0, 0.05) is 0 Å². The van der Waals surface area contributed by atoms with Crippen molar-refractivity contribution >= 4 is 33.7 Å². The maximum atomic E-state index is 10.1. The van der Waals surface area contributed by atoms with Crippen molar-refractivity contribution in [1.82, 2.24) is 4.98 Å². The number of hydrogen-bond donors (Lipinski definition) is 1. The molecule has 6 heteroatoms. The molecule has 0 amide bonds. The SMILES string of the molecule is C1CC1.CCOC=O.O[C@H](c1ncc(Br)s1)C1CCCCC1. The van der Waals surface area contributed by atoms with E-state index in [9.17, 15) is 9.90 Å². The van der Waals surface area contributed by atoms with Gasteiger partial charge in [-0.1, -0.05) is 38.5 Å². The number of aromatic nitrogens is 1. The summed E-state index contributed by atoms with van der Waals surface area (Å²) in [4.78, 5) is 13.4. The molecule has 1 aromatic rings. The van der Waals surface area contributed by atoms with Crippen molar-refractivity contribution in [2.45, 2.75) is 64.4 Å². The predicted octanol–water partition coefficient (Wildman–Crippen LogP) is 4.87. The zero-order valence-corrected chi connectivity index (χ0v) is 15.6. The summed E-state index contributed by atoms with van der Waals surface area (Å²) in [5, 5.41) is 11.0. The molecule has 2 fully saturated rings. The highest BCUT2D eigenvalue weighted by atomic mass is 79.9. The van der Waals surface area contributed by atoms with Gasteiger partial charge in [-0.05, 0) is 41.6 Å². The molecule has 4 nitrogen and oxygen atoms in total. The molecule has 22 heavy (non-hydrogen) atoms. The summed E-state index contributed by atoms with van der Waals surface area (Å²) in [6.07, 6.45) is 12.1. The van der Waals surface area contributed by atoms with Crippen LogP contribution >= 0.6 is 27.3 Å². The third-order valence-corrected chi connectivity index (χ3v) is 4.98. The molecule has 2 aliphatic carbocycles. The summed E-state index contributed by atoms with van der Waals surface area (Å²) in [6, 6.07) is 0. The second kappa shape index (κ2) is 12.0. The molecule has 0 aromatic carbocycles. The highest BCUT2D eigenvalue weighted by Crippen LogP contribution is 2.36. The largest absolute Gasteiger partial charge is 0.468 e. The third kappa shape index (κ3) is 8.86. The highest BCUT2D eigenvalue weighted by Gasteiger charge is 2.25. The average molecular weight is 392 g/mol. The lowest BCUT2D eigenvalue weighted by Crippen LogP contribution is -2.15. The normalized spacial score (nSPS) is 18.1. The fourth-order valence-corrected chi connectivity index (χ4v) is 3.45. The van der Waals surface area contributed by atoms with E-state index in [1.165, 1.54) is 38.5 Å². The molecule has 1 aromatic heterocycles. The van der Waals surface area contributed by atoms with Crippen molar-refractivity contribution in [3.05, 3.63) is 15.0 Å². The van der Waals surface area contributed by atoms with E-state index in [2.05, 4.69) is 25.7 Å². The first kappa shape index (κ1) is 19.6. The van der Waals surface area contributed by atoms with Crippen molar-refractivity contribution in [3.8, 4) is 0 Å². The number of carbonyl (C=O) groups excluding carboxylic acids is 1. The number of carbonyl (C=O) groups is 1. The molecule has 0 radical (unpaired) electrons. The minimum absolute atomic E-state index is 0.341. The van der Waals surface area contributed by atoms with Crippen LogP contribution in [0.3, 0.4) is 0 Å². The Labute approximate surface area is 145 Å². The Balaban J connectivity index is 0.000000250. The van der Waals surface area contributed by atoms with Crippen LogP contribution in [0.1, 0.15) is 69.4 Å². The van der Waals surface area contributed by atoms with Crippen LogP contribution in [0.15, 0.2) is 9.98 Å². The minimum Gasteiger partial charge on any atom is -0.468 e. The van der Waals surface area contributed by atoms with Gasteiger partial charge in [0.25, 0.3) is 6.47 Å². The Kier molecular flexibility index (Phi) is 10.7. The molecule has 0 bridgehead atoms. The standard InChI is InChI=1S/C10H14BrNOS.C3H6O2.C3H6/c11-8-6-12-10(14-8)9(13)7-4-2-1-3-5-7;1-2-5-3-4;1-2-3-1/h6-7,9,13H,1-5H2;3H,2H2,1H3;1-3H2/t9-;;/m0../s1. The first-order chi connectivity index (χ1) is 10.7. The lowest BCUT2D eigenvalue weighted by atomic mass is 9.85. The van der Waals surface area contributed by atoms with Gasteiger partial charge in [-0.3, -0.25) is 4.79 Å². The second-order valence-corrected chi connectivity index (χ2v) is 7.90. The lowest BCUT2D eigenvalue weighted by molar-refractivity contribution is -0.128. The van der Waals surface area contributed by atoms with Crippen LogP contribution in [0.5, 0.6) is 0 Å². The van der Waals surface area contributed by atoms with Gasteiger partial charge in [-0.2, -0.15) is 0 Å². The number of hydrogen-bond acceptors (Lipinski definition) is 5. The zero-order valence-electron chi connectivity index (χ0n) is 13.2. The molecule has 3 rings (SSSR count). The maximum Gasteiger partial charge on any atom is 0.293 e. The van der Waals surface area contributed by atoms with Gasteiger partial charge in [-0.15, -0.1) is 11.3 Å². The number of halogens is 1. The van der Waals surface area contributed by atoms with Crippen molar-refractivity contribution in [2.24, 2.45) is 5.92 Å². The summed E-state index contributed by atoms with van der Waals surface area (Å²) in [5.74, 6) is 0.432. The molecule has 1 N–H and O–H groups in total. The fraction of sp³-hybridized carbons (Fsp3) is 0.750. The summed E-state index contributed by atoms with van der Waals surface area (Å²) < 4.78 is 5.15. The van der Waals surface area contributed by atoms with E-state index >= 15 is 0 Å². The van der Waals surface area contributed by atoms with Crippen LogP contribution in [0.25, 0.3) is 0 Å². The van der Waals surface area contributed by atoms with Gasteiger partial charge in [0.15, 0.2) is 0 Å². The molecule has 0 unspecified atom stereocenters. The van der Waals surface area contributed by atoms with E-state index < -0.39 is 0 Å². The van der Waals surface area contributed by atoms with Crippen LogP contribution < -0.4 is 0 Å². The Hall–Kier alpha value is -0.460. The number of rotatable bonds is 4. The Morgan fingerprint density at radius 2 is 1.95 bits per heavy atom. The van der Waals surface area contributed by atoms with E-state index in [4.69, 9.17) is 0 Å². The summed E-state index contributed by atoms with van der Waals surface area (Å²) in [6.45, 7) is 2.66.